The van der Waals surface area contributed by atoms with Gasteiger partial charge in [-0.15, -0.1) is 0 Å². The molecular formula is C25H31IN2O4S. The van der Waals surface area contributed by atoms with Gasteiger partial charge in [-0.05, 0) is 117 Å². The summed E-state index contributed by atoms with van der Waals surface area (Å²) in [6, 6.07) is 7.93. The zero-order valence-corrected chi connectivity index (χ0v) is 23.2. The number of amides is 2. The number of halogens is 1. The lowest BCUT2D eigenvalue weighted by atomic mass is 10.00. The summed E-state index contributed by atoms with van der Waals surface area (Å²) in [6.07, 6.45) is 0.299. The van der Waals surface area contributed by atoms with E-state index in [0.717, 1.165) is 19.6 Å². The van der Waals surface area contributed by atoms with E-state index in [1.807, 2.05) is 52.8 Å². The van der Waals surface area contributed by atoms with Crippen LogP contribution in [0, 0.1) is 31.3 Å². The van der Waals surface area contributed by atoms with Crippen LogP contribution in [-0.2, 0) is 19.6 Å². The Hall–Kier alpha value is -1.78. The summed E-state index contributed by atoms with van der Waals surface area (Å²) in [7, 11) is -4.10. The molecule has 3 rings (SSSR count). The highest BCUT2D eigenvalue weighted by Gasteiger charge is 2.52. The molecule has 6 nitrogen and oxygen atoms in total. The van der Waals surface area contributed by atoms with E-state index in [9.17, 15) is 18.0 Å². The van der Waals surface area contributed by atoms with Crippen molar-refractivity contribution < 1.29 is 18.0 Å². The minimum atomic E-state index is -4.10. The summed E-state index contributed by atoms with van der Waals surface area (Å²) < 4.78 is 30.8. The standard InChI is InChI=1S/C25H31IN2O4S/c1-8-25(6,7)28(33(31,32)23-17(4)15(2)13-16(3)18(23)5)21-14-22(29)27(24(21)30)20-11-9-19(26)10-12-20/h9-13,21H,8,14H2,1-7H3. The van der Waals surface area contributed by atoms with Crippen molar-refractivity contribution >= 4 is 50.1 Å². The van der Waals surface area contributed by atoms with Crippen molar-refractivity contribution in [1.82, 2.24) is 4.31 Å². The molecule has 0 radical (unpaired) electrons. The van der Waals surface area contributed by atoms with Crippen molar-refractivity contribution in [2.24, 2.45) is 0 Å². The second-order valence-electron chi connectivity index (χ2n) is 9.32. The molecule has 1 unspecified atom stereocenters. The quantitative estimate of drug-likeness (QED) is 0.354. The van der Waals surface area contributed by atoms with Crippen LogP contribution in [0.2, 0.25) is 0 Å². The molecule has 0 spiro atoms. The molecule has 1 fully saturated rings. The number of hydrogen-bond acceptors (Lipinski definition) is 4. The normalized spacial score (nSPS) is 17.4. The average Bonchev–Trinajstić information content (AvgIpc) is 3.00. The smallest absolute Gasteiger partial charge is 0.252 e. The average molecular weight is 583 g/mol. The zero-order valence-electron chi connectivity index (χ0n) is 20.2. The van der Waals surface area contributed by atoms with E-state index < -0.39 is 33.4 Å². The lowest BCUT2D eigenvalue weighted by Gasteiger charge is -2.40. The summed E-state index contributed by atoms with van der Waals surface area (Å²) in [5.41, 5.74) is 2.67. The van der Waals surface area contributed by atoms with Crippen molar-refractivity contribution in [3.63, 3.8) is 0 Å². The number of aryl methyl sites for hydroxylation is 2. The Morgan fingerprint density at radius 3 is 2.03 bits per heavy atom. The van der Waals surface area contributed by atoms with Crippen LogP contribution >= 0.6 is 22.6 Å². The van der Waals surface area contributed by atoms with E-state index in [2.05, 4.69) is 22.6 Å². The van der Waals surface area contributed by atoms with Crippen molar-refractivity contribution in [3.8, 4) is 0 Å². The molecule has 0 saturated carbocycles. The Labute approximate surface area is 210 Å². The Balaban J connectivity index is 2.19. The summed E-state index contributed by atoms with van der Waals surface area (Å²) >= 11 is 2.15. The molecule has 1 heterocycles. The molecule has 8 heteroatoms. The first-order valence-corrected chi connectivity index (χ1v) is 13.5. The predicted molar refractivity (Wildman–Crippen MR) is 139 cm³/mol. The van der Waals surface area contributed by atoms with Crippen molar-refractivity contribution in [3.05, 3.63) is 56.2 Å². The third-order valence-corrected chi connectivity index (χ3v) is 9.88. The fraction of sp³-hybridized carbons (Fsp3) is 0.440. The number of carbonyl (C=O) groups excluding carboxylic acids is 2. The van der Waals surface area contributed by atoms with Gasteiger partial charge in [0.15, 0.2) is 0 Å². The van der Waals surface area contributed by atoms with E-state index >= 15 is 0 Å². The second kappa shape index (κ2) is 9.11. The molecule has 1 atom stereocenters. The number of carbonyl (C=O) groups is 2. The largest absolute Gasteiger partial charge is 0.274 e. The maximum absolute atomic E-state index is 14.3. The van der Waals surface area contributed by atoms with E-state index in [-0.39, 0.29) is 11.3 Å². The number of rotatable bonds is 6. The highest BCUT2D eigenvalue weighted by atomic mass is 127. The molecule has 2 aromatic rings. The van der Waals surface area contributed by atoms with Gasteiger partial charge in [-0.1, -0.05) is 13.0 Å². The molecule has 2 amide bonds. The molecule has 0 aromatic heterocycles. The number of hydrogen-bond donors (Lipinski definition) is 0. The minimum absolute atomic E-state index is 0.184. The topological polar surface area (TPSA) is 74.8 Å². The first-order valence-electron chi connectivity index (χ1n) is 11.0. The lowest BCUT2D eigenvalue weighted by molar-refractivity contribution is -0.122. The Morgan fingerprint density at radius 2 is 1.55 bits per heavy atom. The van der Waals surface area contributed by atoms with E-state index in [0.29, 0.717) is 23.2 Å². The molecule has 2 aromatic carbocycles. The zero-order chi connectivity index (χ0) is 24.9. The molecule has 1 aliphatic heterocycles. The van der Waals surface area contributed by atoms with Gasteiger partial charge in [0.2, 0.25) is 15.9 Å². The van der Waals surface area contributed by atoms with Crippen LogP contribution in [-0.4, -0.2) is 36.1 Å². The van der Waals surface area contributed by atoms with Gasteiger partial charge in [0.25, 0.3) is 5.91 Å². The molecule has 33 heavy (non-hydrogen) atoms. The fourth-order valence-electron chi connectivity index (χ4n) is 4.40. The Bertz CT molecular complexity index is 1190. The second-order valence-corrected chi connectivity index (χ2v) is 12.3. The van der Waals surface area contributed by atoms with Gasteiger partial charge in [-0.3, -0.25) is 9.59 Å². The minimum Gasteiger partial charge on any atom is -0.274 e. The highest BCUT2D eigenvalue weighted by Crippen LogP contribution is 2.38. The van der Waals surface area contributed by atoms with Gasteiger partial charge in [-0.25, -0.2) is 13.3 Å². The van der Waals surface area contributed by atoms with E-state index in [4.69, 9.17) is 0 Å². The van der Waals surface area contributed by atoms with Crippen LogP contribution in [0.25, 0.3) is 0 Å². The molecule has 178 valence electrons. The number of anilines is 1. The van der Waals surface area contributed by atoms with Crippen LogP contribution < -0.4 is 4.90 Å². The monoisotopic (exact) mass is 582 g/mol. The van der Waals surface area contributed by atoms with Crippen LogP contribution in [0.4, 0.5) is 5.69 Å². The van der Waals surface area contributed by atoms with Gasteiger partial charge < -0.3 is 0 Å². The summed E-state index contributed by atoms with van der Waals surface area (Å²) in [4.78, 5) is 27.9. The Kier molecular flexibility index (Phi) is 7.13. The summed E-state index contributed by atoms with van der Waals surface area (Å²) in [6.45, 7) is 12.9. The third kappa shape index (κ3) is 4.49. The van der Waals surface area contributed by atoms with Crippen LogP contribution in [0.5, 0.6) is 0 Å². The van der Waals surface area contributed by atoms with Gasteiger partial charge in [-0.2, -0.15) is 4.31 Å². The highest BCUT2D eigenvalue weighted by molar-refractivity contribution is 14.1. The van der Waals surface area contributed by atoms with Crippen molar-refractivity contribution in [2.75, 3.05) is 4.90 Å². The summed E-state index contributed by atoms with van der Waals surface area (Å²) in [5.74, 6) is -0.904. The van der Waals surface area contributed by atoms with Crippen LogP contribution in [0.15, 0.2) is 35.2 Å². The van der Waals surface area contributed by atoms with E-state index in [1.165, 1.54) is 4.31 Å². The first-order chi connectivity index (χ1) is 15.2. The molecule has 0 aliphatic carbocycles. The fourth-order valence-corrected chi connectivity index (χ4v) is 7.33. The number of sulfonamides is 1. The van der Waals surface area contributed by atoms with Gasteiger partial charge >= 0.3 is 0 Å². The summed E-state index contributed by atoms with van der Waals surface area (Å²) in [5, 5.41) is 0. The molecule has 1 saturated heterocycles. The van der Waals surface area contributed by atoms with Gasteiger partial charge in [0.1, 0.15) is 6.04 Å². The number of benzene rings is 2. The van der Waals surface area contributed by atoms with Crippen molar-refractivity contribution in [2.45, 2.75) is 77.8 Å². The maximum Gasteiger partial charge on any atom is 0.252 e. The predicted octanol–water partition coefficient (Wildman–Crippen LogP) is 5.04. The van der Waals surface area contributed by atoms with Gasteiger partial charge in [0, 0.05) is 9.11 Å². The van der Waals surface area contributed by atoms with Crippen molar-refractivity contribution in [1.29, 1.82) is 0 Å². The maximum atomic E-state index is 14.3. The van der Waals surface area contributed by atoms with Crippen LogP contribution in [0.3, 0.4) is 0 Å². The SMILES string of the molecule is CCC(C)(C)N(C1CC(=O)N(c2ccc(I)cc2)C1=O)S(=O)(=O)c1c(C)c(C)cc(C)c1C. The molecular weight excluding hydrogens is 551 g/mol. The molecule has 1 aliphatic rings. The first kappa shape index (κ1) is 25.8. The number of nitrogens with zero attached hydrogens (tertiary/aromatic N) is 2. The third-order valence-electron chi connectivity index (χ3n) is 6.77. The number of imide groups is 1. The Morgan fingerprint density at radius 1 is 1.03 bits per heavy atom. The van der Waals surface area contributed by atoms with Crippen LogP contribution in [0.1, 0.15) is 55.9 Å². The lowest BCUT2D eigenvalue weighted by Crippen LogP contribution is -2.55. The molecule has 0 N–H and O–H groups in total. The molecule has 0 bridgehead atoms. The van der Waals surface area contributed by atoms with E-state index in [1.54, 1.807) is 26.0 Å². The van der Waals surface area contributed by atoms with Gasteiger partial charge in [0.05, 0.1) is 17.0 Å².